The normalized spacial score (nSPS) is 19.7. The van der Waals surface area contributed by atoms with E-state index < -0.39 is 16.1 Å². The van der Waals surface area contributed by atoms with Crippen molar-refractivity contribution in [1.29, 1.82) is 0 Å². The molecule has 0 spiro atoms. The molecule has 2 aromatic rings. The number of rotatable bonds is 3. The van der Waals surface area contributed by atoms with Crippen molar-refractivity contribution >= 4 is 28.0 Å². The molecule has 1 aliphatic heterocycles. The maximum Gasteiger partial charge on any atom is 0.261 e. The molecular weight excluding hydrogens is 362 g/mol. The molecule has 0 aliphatic carbocycles. The summed E-state index contributed by atoms with van der Waals surface area (Å²) < 4.78 is 23.6. The van der Waals surface area contributed by atoms with Gasteiger partial charge in [0.2, 0.25) is 0 Å². The molecule has 2 atom stereocenters. The molecule has 6 nitrogen and oxygen atoms in total. The van der Waals surface area contributed by atoms with Crippen LogP contribution in [-0.2, 0) is 23.1 Å². The van der Waals surface area contributed by atoms with Gasteiger partial charge in [-0.1, -0.05) is 4.40 Å². The van der Waals surface area contributed by atoms with Crippen LogP contribution in [0.3, 0.4) is 0 Å². The van der Waals surface area contributed by atoms with Gasteiger partial charge in [-0.05, 0) is 58.7 Å². The molecule has 1 fully saturated rings. The Kier molecular flexibility index (Phi) is 5.47. The SMILES string of the molecule is CC(=N[S+]([O-])C(C)(C)C)c1cc(C)cc2c(=O)n(C)c(C3CCOC3)nc12. The van der Waals surface area contributed by atoms with Gasteiger partial charge < -0.3 is 9.29 Å². The summed E-state index contributed by atoms with van der Waals surface area (Å²) in [5.74, 6) is 0.849. The van der Waals surface area contributed by atoms with Crippen molar-refractivity contribution in [3.05, 3.63) is 39.4 Å². The Balaban J connectivity index is 2.23. The molecule has 27 heavy (non-hydrogen) atoms. The van der Waals surface area contributed by atoms with Gasteiger partial charge in [-0.25, -0.2) is 4.98 Å². The molecule has 7 heteroatoms. The lowest BCUT2D eigenvalue weighted by Gasteiger charge is -2.19. The topological polar surface area (TPSA) is 79.5 Å². The maximum absolute atomic E-state index is 13.0. The fourth-order valence-electron chi connectivity index (χ4n) is 3.23. The second kappa shape index (κ2) is 7.37. The summed E-state index contributed by atoms with van der Waals surface area (Å²) in [6, 6.07) is 3.82. The second-order valence-electron chi connectivity index (χ2n) is 8.14. The molecule has 1 saturated heterocycles. The molecule has 2 heterocycles. The van der Waals surface area contributed by atoms with Crippen molar-refractivity contribution in [3.63, 3.8) is 0 Å². The third-order valence-electron chi connectivity index (χ3n) is 4.79. The van der Waals surface area contributed by atoms with E-state index in [1.807, 2.05) is 46.8 Å². The van der Waals surface area contributed by atoms with Gasteiger partial charge >= 0.3 is 0 Å². The first-order chi connectivity index (χ1) is 12.6. The number of ether oxygens (including phenoxy) is 1. The molecule has 0 saturated carbocycles. The van der Waals surface area contributed by atoms with Crippen molar-refractivity contribution < 1.29 is 9.29 Å². The lowest BCUT2D eigenvalue weighted by Crippen LogP contribution is -2.27. The van der Waals surface area contributed by atoms with E-state index in [1.54, 1.807) is 11.6 Å². The predicted molar refractivity (Wildman–Crippen MR) is 110 cm³/mol. The summed E-state index contributed by atoms with van der Waals surface area (Å²) in [4.78, 5) is 17.8. The highest BCUT2D eigenvalue weighted by Crippen LogP contribution is 2.26. The number of hydrogen-bond acceptors (Lipinski definition) is 5. The van der Waals surface area contributed by atoms with Crippen LogP contribution < -0.4 is 5.56 Å². The smallest absolute Gasteiger partial charge is 0.261 e. The van der Waals surface area contributed by atoms with Crippen LogP contribution in [0.25, 0.3) is 10.9 Å². The zero-order chi connectivity index (χ0) is 19.9. The molecule has 146 valence electrons. The molecule has 1 aromatic heterocycles. The zero-order valence-electron chi connectivity index (χ0n) is 16.8. The van der Waals surface area contributed by atoms with Gasteiger partial charge in [-0.15, -0.1) is 0 Å². The number of aromatic nitrogens is 2. The predicted octanol–water partition coefficient (Wildman–Crippen LogP) is 3.02. The molecule has 3 rings (SSSR count). The number of fused-ring (bicyclic) bond motifs is 1. The van der Waals surface area contributed by atoms with Crippen molar-refractivity contribution in [2.45, 2.75) is 51.7 Å². The van der Waals surface area contributed by atoms with Gasteiger partial charge in [0.15, 0.2) is 0 Å². The lowest BCUT2D eigenvalue weighted by molar-refractivity contribution is 0.192. The average molecular weight is 390 g/mol. The van der Waals surface area contributed by atoms with E-state index in [9.17, 15) is 9.35 Å². The molecule has 1 aliphatic rings. The highest BCUT2D eigenvalue weighted by atomic mass is 32.2. The minimum Gasteiger partial charge on any atom is -0.591 e. The molecule has 0 bridgehead atoms. The third-order valence-corrected chi connectivity index (χ3v) is 6.28. The molecule has 0 amide bonds. The van der Waals surface area contributed by atoms with Gasteiger partial charge in [-0.2, -0.15) is 0 Å². The lowest BCUT2D eigenvalue weighted by atomic mass is 10.0. The molecule has 1 aromatic carbocycles. The van der Waals surface area contributed by atoms with Gasteiger partial charge in [0.1, 0.15) is 21.9 Å². The molecule has 2 unspecified atom stereocenters. The minimum atomic E-state index is -1.38. The van der Waals surface area contributed by atoms with Crippen LogP contribution in [0.1, 0.15) is 57.0 Å². The summed E-state index contributed by atoms with van der Waals surface area (Å²) in [5, 5.41) is 0.561. The van der Waals surface area contributed by atoms with Crippen molar-refractivity contribution in [3.8, 4) is 0 Å². The summed E-state index contributed by atoms with van der Waals surface area (Å²) in [7, 11) is 1.76. The quantitative estimate of drug-likeness (QED) is 0.597. The van der Waals surface area contributed by atoms with Gasteiger partial charge in [0.05, 0.1) is 23.2 Å². The minimum absolute atomic E-state index is 0.0726. The van der Waals surface area contributed by atoms with Crippen LogP contribution >= 0.6 is 0 Å². The largest absolute Gasteiger partial charge is 0.591 e. The number of hydrogen-bond donors (Lipinski definition) is 0. The van der Waals surface area contributed by atoms with Crippen LogP contribution in [0.4, 0.5) is 0 Å². The van der Waals surface area contributed by atoms with Crippen molar-refractivity contribution in [2.75, 3.05) is 13.2 Å². The first-order valence-electron chi connectivity index (χ1n) is 9.16. The van der Waals surface area contributed by atoms with E-state index in [0.29, 0.717) is 29.8 Å². The third kappa shape index (κ3) is 3.95. The van der Waals surface area contributed by atoms with Crippen LogP contribution in [0.2, 0.25) is 0 Å². The van der Waals surface area contributed by atoms with Crippen LogP contribution in [0.15, 0.2) is 21.3 Å². The van der Waals surface area contributed by atoms with E-state index in [1.165, 1.54) is 0 Å². The van der Waals surface area contributed by atoms with E-state index >= 15 is 0 Å². The van der Waals surface area contributed by atoms with Gasteiger partial charge in [0, 0.05) is 25.1 Å². The summed E-state index contributed by atoms with van der Waals surface area (Å²) in [6.45, 7) is 10.7. The monoisotopic (exact) mass is 389 g/mol. The van der Waals surface area contributed by atoms with E-state index in [2.05, 4.69) is 4.40 Å². The first-order valence-corrected chi connectivity index (χ1v) is 10.3. The van der Waals surface area contributed by atoms with E-state index in [0.717, 1.165) is 23.4 Å². The highest BCUT2D eigenvalue weighted by Gasteiger charge is 2.28. The zero-order valence-corrected chi connectivity index (χ0v) is 17.6. The van der Waals surface area contributed by atoms with E-state index in [4.69, 9.17) is 9.72 Å². The Hall–Kier alpha value is -1.70. The molecular formula is C20H27N3O3S. The van der Waals surface area contributed by atoms with Crippen molar-refractivity contribution in [2.24, 2.45) is 11.4 Å². The number of benzene rings is 1. The molecule has 0 N–H and O–H groups in total. The van der Waals surface area contributed by atoms with Crippen LogP contribution in [0.5, 0.6) is 0 Å². The fourth-order valence-corrected chi connectivity index (χ4v) is 3.85. The number of aryl methyl sites for hydroxylation is 1. The van der Waals surface area contributed by atoms with Gasteiger partial charge in [0.25, 0.3) is 5.56 Å². The Bertz CT molecular complexity index is 954. The summed E-state index contributed by atoms with van der Waals surface area (Å²) in [5.41, 5.74) is 2.89. The standard InChI is InChI=1S/C20H27N3O3S/c1-12-9-15(13(2)22-27(25)20(3,4)5)17-16(10-12)19(24)23(6)18(21-17)14-7-8-26-11-14/h9-10,14H,7-8,11H2,1-6H3. The Labute approximate surface area is 163 Å². The summed E-state index contributed by atoms with van der Waals surface area (Å²) >= 11 is -1.38. The first kappa shape index (κ1) is 20.0. The summed E-state index contributed by atoms with van der Waals surface area (Å²) in [6.07, 6.45) is 0.855. The highest BCUT2D eigenvalue weighted by molar-refractivity contribution is 7.91. The molecule has 0 radical (unpaired) electrons. The van der Waals surface area contributed by atoms with Gasteiger partial charge in [-0.3, -0.25) is 9.36 Å². The van der Waals surface area contributed by atoms with Crippen LogP contribution in [-0.4, -0.2) is 37.8 Å². The fraction of sp³-hybridized carbons (Fsp3) is 0.550. The average Bonchev–Trinajstić information content (AvgIpc) is 3.11. The Morgan fingerprint density at radius 2 is 2.11 bits per heavy atom. The Morgan fingerprint density at radius 3 is 2.70 bits per heavy atom. The van der Waals surface area contributed by atoms with Crippen molar-refractivity contribution in [1.82, 2.24) is 9.55 Å². The maximum atomic E-state index is 13.0. The Morgan fingerprint density at radius 1 is 1.41 bits per heavy atom. The van der Waals surface area contributed by atoms with E-state index in [-0.39, 0.29) is 11.5 Å². The number of nitrogens with zero attached hydrogens (tertiary/aromatic N) is 3. The van der Waals surface area contributed by atoms with Crippen LogP contribution in [0, 0.1) is 6.92 Å². The second-order valence-corrected chi connectivity index (χ2v) is 10.0.